The highest BCUT2D eigenvalue weighted by Crippen LogP contribution is 2.30. The van der Waals surface area contributed by atoms with Gasteiger partial charge in [-0.25, -0.2) is 0 Å². The number of amides is 2. The molecule has 1 fully saturated rings. The van der Waals surface area contributed by atoms with Gasteiger partial charge in [-0.05, 0) is 44.1 Å². The SMILES string of the molecule is CNCCCOc1cc(CC2SC(=O)NC2=O)ccc1OC. The van der Waals surface area contributed by atoms with Crippen molar-refractivity contribution in [2.24, 2.45) is 0 Å². The van der Waals surface area contributed by atoms with E-state index < -0.39 is 0 Å². The molecule has 1 heterocycles. The van der Waals surface area contributed by atoms with E-state index in [9.17, 15) is 9.59 Å². The van der Waals surface area contributed by atoms with Crippen molar-refractivity contribution in [3.05, 3.63) is 23.8 Å². The van der Waals surface area contributed by atoms with Gasteiger partial charge in [0.05, 0.1) is 19.0 Å². The number of carbonyl (C=O) groups excluding carboxylic acids is 2. The molecule has 0 aromatic heterocycles. The van der Waals surface area contributed by atoms with E-state index in [1.165, 1.54) is 0 Å². The van der Waals surface area contributed by atoms with Crippen molar-refractivity contribution in [2.45, 2.75) is 18.1 Å². The maximum Gasteiger partial charge on any atom is 0.286 e. The van der Waals surface area contributed by atoms with Crippen molar-refractivity contribution >= 4 is 22.9 Å². The van der Waals surface area contributed by atoms with Crippen molar-refractivity contribution in [1.82, 2.24) is 10.6 Å². The van der Waals surface area contributed by atoms with E-state index in [0.29, 0.717) is 24.5 Å². The maximum atomic E-state index is 11.6. The average molecular weight is 324 g/mol. The first-order valence-electron chi connectivity index (χ1n) is 7.10. The second kappa shape index (κ2) is 8.05. The second-order valence-electron chi connectivity index (χ2n) is 4.88. The molecule has 0 bridgehead atoms. The molecule has 1 aromatic carbocycles. The molecule has 6 nitrogen and oxygen atoms in total. The Balaban J connectivity index is 2.02. The van der Waals surface area contributed by atoms with Crippen LogP contribution in [0.25, 0.3) is 0 Å². The molecule has 1 saturated heterocycles. The quantitative estimate of drug-likeness (QED) is 0.707. The minimum atomic E-state index is -0.377. The predicted octanol–water partition coefficient (Wildman–Crippen LogP) is 1.58. The third-order valence-electron chi connectivity index (χ3n) is 3.24. The van der Waals surface area contributed by atoms with Crippen LogP contribution >= 0.6 is 11.8 Å². The van der Waals surface area contributed by atoms with Crippen molar-refractivity contribution in [3.63, 3.8) is 0 Å². The van der Waals surface area contributed by atoms with Crippen LogP contribution in [-0.2, 0) is 11.2 Å². The van der Waals surface area contributed by atoms with Crippen molar-refractivity contribution in [2.75, 3.05) is 27.3 Å². The summed E-state index contributed by atoms with van der Waals surface area (Å²) < 4.78 is 11.0. The van der Waals surface area contributed by atoms with Crippen LogP contribution in [0, 0.1) is 0 Å². The standard InChI is InChI=1S/C15H20N2O4S/c1-16-6-3-7-21-12-8-10(4-5-11(12)20-2)9-13-14(18)17-15(19)22-13/h4-5,8,13,16H,3,6-7,9H2,1-2H3,(H,17,18,19). The molecule has 2 amide bonds. The second-order valence-corrected chi connectivity index (χ2v) is 6.05. The Morgan fingerprint density at radius 2 is 2.14 bits per heavy atom. The summed E-state index contributed by atoms with van der Waals surface area (Å²) >= 11 is 1.03. The van der Waals surface area contributed by atoms with E-state index in [1.807, 2.05) is 25.2 Å². The fourth-order valence-corrected chi connectivity index (χ4v) is 2.99. The number of benzene rings is 1. The van der Waals surface area contributed by atoms with Gasteiger partial charge in [0.15, 0.2) is 11.5 Å². The summed E-state index contributed by atoms with van der Waals surface area (Å²) in [5.74, 6) is 1.08. The van der Waals surface area contributed by atoms with Gasteiger partial charge in [0.1, 0.15) is 0 Å². The number of hydrogen-bond acceptors (Lipinski definition) is 6. The third kappa shape index (κ3) is 4.38. The lowest BCUT2D eigenvalue weighted by atomic mass is 10.1. The molecule has 0 saturated carbocycles. The number of nitrogens with one attached hydrogen (secondary N) is 2. The van der Waals surface area contributed by atoms with Gasteiger partial charge in [-0.3, -0.25) is 14.9 Å². The monoisotopic (exact) mass is 324 g/mol. The summed E-state index contributed by atoms with van der Waals surface area (Å²) in [6, 6.07) is 5.58. The molecule has 0 spiro atoms. The topological polar surface area (TPSA) is 76.7 Å². The smallest absolute Gasteiger partial charge is 0.286 e. The fraction of sp³-hybridized carbons (Fsp3) is 0.467. The molecule has 22 heavy (non-hydrogen) atoms. The van der Waals surface area contributed by atoms with Crippen molar-refractivity contribution in [3.8, 4) is 11.5 Å². The van der Waals surface area contributed by atoms with E-state index in [4.69, 9.17) is 9.47 Å². The number of rotatable bonds is 8. The zero-order valence-corrected chi connectivity index (χ0v) is 13.5. The maximum absolute atomic E-state index is 11.6. The lowest BCUT2D eigenvalue weighted by Crippen LogP contribution is -2.25. The minimum Gasteiger partial charge on any atom is -0.493 e. The molecule has 1 aliphatic rings. The van der Waals surface area contributed by atoms with E-state index in [1.54, 1.807) is 7.11 Å². The summed E-state index contributed by atoms with van der Waals surface area (Å²) in [4.78, 5) is 22.8. The van der Waals surface area contributed by atoms with Crippen LogP contribution in [0.4, 0.5) is 4.79 Å². The highest BCUT2D eigenvalue weighted by atomic mass is 32.2. The molecule has 120 valence electrons. The van der Waals surface area contributed by atoms with E-state index in [0.717, 1.165) is 30.3 Å². The van der Waals surface area contributed by atoms with Crippen LogP contribution in [0.3, 0.4) is 0 Å². The van der Waals surface area contributed by atoms with Crippen LogP contribution in [0.15, 0.2) is 18.2 Å². The molecule has 1 atom stereocenters. The van der Waals surface area contributed by atoms with Gasteiger partial charge in [0.25, 0.3) is 5.24 Å². The van der Waals surface area contributed by atoms with E-state index in [2.05, 4.69) is 10.6 Å². The van der Waals surface area contributed by atoms with Crippen LogP contribution in [0.5, 0.6) is 11.5 Å². The Kier molecular flexibility index (Phi) is 6.09. The van der Waals surface area contributed by atoms with E-state index in [-0.39, 0.29) is 16.4 Å². The number of methoxy groups -OCH3 is 1. The normalized spacial score (nSPS) is 17.5. The average Bonchev–Trinajstić information content (AvgIpc) is 2.82. The Bertz CT molecular complexity index is 550. The number of carbonyl (C=O) groups is 2. The summed E-state index contributed by atoms with van der Waals surface area (Å²) in [5, 5.41) is 4.69. The molecule has 2 N–H and O–H groups in total. The van der Waals surface area contributed by atoms with Gasteiger partial charge in [0.2, 0.25) is 5.91 Å². The molecule has 0 aliphatic carbocycles. The van der Waals surface area contributed by atoms with Gasteiger partial charge in [-0.2, -0.15) is 0 Å². The summed E-state index contributed by atoms with van der Waals surface area (Å²) in [5.41, 5.74) is 0.937. The molecule has 0 radical (unpaired) electrons. The molecule has 7 heteroatoms. The molecule has 1 aliphatic heterocycles. The third-order valence-corrected chi connectivity index (χ3v) is 4.23. The van der Waals surface area contributed by atoms with Gasteiger partial charge in [0, 0.05) is 0 Å². The van der Waals surface area contributed by atoms with Gasteiger partial charge >= 0.3 is 0 Å². The Hall–Kier alpha value is -1.73. The highest BCUT2D eigenvalue weighted by molar-refractivity contribution is 8.15. The van der Waals surface area contributed by atoms with Gasteiger partial charge < -0.3 is 14.8 Å². The number of thioether (sulfide) groups is 1. The largest absolute Gasteiger partial charge is 0.493 e. The Morgan fingerprint density at radius 3 is 2.77 bits per heavy atom. The number of imide groups is 1. The Labute approximate surface area is 133 Å². The van der Waals surface area contributed by atoms with E-state index >= 15 is 0 Å². The van der Waals surface area contributed by atoms with Crippen molar-refractivity contribution < 1.29 is 19.1 Å². The predicted molar refractivity (Wildman–Crippen MR) is 85.7 cm³/mol. The molecular weight excluding hydrogens is 304 g/mol. The first-order chi connectivity index (χ1) is 10.6. The lowest BCUT2D eigenvalue weighted by molar-refractivity contribution is -0.118. The van der Waals surface area contributed by atoms with Crippen LogP contribution in [0.2, 0.25) is 0 Å². The van der Waals surface area contributed by atoms with Crippen LogP contribution < -0.4 is 20.1 Å². The molecule has 1 aromatic rings. The summed E-state index contributed by atoms with van der Waals surface area (Å²) in [6.07, 6.45) is 1.37. The summed E-state index contributed by atoms with van der Waals surface area (Å²) in [7, 11) is 3.49. The molecule has 1 unspecified atom stereocenters. The first kappa shape index (κ1) is 16.6. The fourth-order valence-electron chi connectivity index (χ4n) is 2.13. The Morgan fingerprint density at radius 1 is 1.32 bits per heavy atom. The van der Waals surface area contributed by atoms with Gasteiger partial charge in [-0.1, -0.05) is 17.8 Å². The zero-order valence-electron chi connectivity index (χ0n) is 12.7. The minimum absolute atomic E-state index is 0.234. The zero-order chi connectivity index (χ0) is 15.9. The first-order valence-corrected chi connectivity index (χ1v) is 7.97. The highest BCUT2D eigenvalue weighted by Gasteiger charge is 2.31. The molecule has 2 rings (SSSR count). The number of hydrogen-bond donors (Lipinski definition) is 2. The van der Waals surface area contributed by atoms with Crippen LogP contribution in [0.1, 0.15) is 12.0 Å². The summed E-state index contributed by atoms with van der Waals surface area (Å²) in [6.45, 7) is 1.46. The van der Waals surface area contributed by atoms with Crippen LogP contribution in [-0.4, -0.2) is 43.7 Å². The van der Waals surface area contributed by atoms with Crippen molar-refractivity contribution in [1.29, 1.82) is 0 Å². The van der Waals surface area contributed by atoms with Gasteiger partial charge in [-0.15, -0.1) is 0 Å². The lowest BCUT2D eigenvalue weighted by Gasteiger charge is -2.13. The number of ether oxygens (including phenoxy) is 2. The molecular formula is C15H20N2O4S.